The van der Waals surface area contributed by atoms with E-state index in [0.717, 1.165) is 27.9 Å². The van der Waals surface area contributed by atoms with Gasteiger partial charge in [-0.25, -0.2) is 0 Å². The molecule has 0 aliphatic carbocycles. The Morgan fingerprint density at radius 2 is 1.37 bits per heavy atom. The summed E-state index contributed by atoms with van der Waals surface area (Å²) in [7, 11) is 0. The van der Waals surface area contributed by atoms with E-state index < -0.39 is 0 Å². The van der Waals surface area contributed by atoms with Gasteiger partial charge in [0.1, 0.15) is 11.3 Å². The molecule has 1 amide bonds. The SMILES string of the molecule is C[C@H](NC(=O)C(c1ccccc1)c1ccccc1)c1cc2ccccc2o1. The van der Waals surface area contributed by atoms with Crippen LogP contribution in [0.5, 0.6) is 0 Å². The van der Waals surface area contributed by atoms with Crippen molar-refractivity contribution in [3.05, 3.63) is 108 Å². The van der Waals surface area contributed by atoms with Gasteiger partial charge in [-0.3, -0.25) is 4.79 Å². The van der Waals surface area contributed by atoms with Crippen LogP contribution in [0.15, 0.2) is 95.4 Å². The Morgan fingerprint density at radius 1 is 0.815 bits per heavy atom. The Labute approximate surface area is 158 Å². The van der Waals surface area contributed by atoms with E-state index in [1.54, 1.807) is 0 Å². The molecule has 4 aromatic rings. The number of benzene rings is 3. The van der Waals surface area contributed by atoms with Gasteiger partial charge in [0.2, 0.25) is 5.91 Å². The van der Waals surface area contributed by atoms with Gasteiger partial charge in [0.15, 0.2) is 0 Å². The first kappa shape index (κ1) is 17.1. The Morgan fingerprint density at radius 3 is 1.96 bits per heavy atom. The Bertz CT molecular complexity index is 965. The van der Waals surface area contributed by atoms with Crippen molar-refractivity contribution in [1.29, 1.82) is 0 Å². The molecule has 1 aromatic heterocycles. The van der Waals surface area contributed by atoms with E-state index in [2.05, 4.69) is 5.32 Å². The van der Waals surface area contributed by atoms with Crippen LogP contribution in [0.25, 0.3) is 11.0 Å². The largest absolute Gasteiger partial charge is 0.459 e. The van der Waals surface area contributed by atoms with Gasteiger partial charge >= 0.3 is 0 Å². The zero-order chi connectivity index (χ0) is 18.6. The lowest BCUT2D eigenvalue weighted by molar-refractivity contribution is -0.122. The summed E-state index contributed by atoms with van der Waals surface area (Å²) in [5.41, 5.74) is 2.77. The lowest BCUT2D eigenvalue weighted by Gasteiger charge is -2.20. The van der Waals surface area contributed by atoms with Gasteiger partial charge in [-0.05, 0) is 30.2 Å². The number of nitrogens with one attached hydrogen (secondary N) is 1. The van der Waals surface area contributed by atoms with Crippen LogP contribution in [0.3, 0.4) is 0 Å². The second-order valence-electron chi connectivity index (χ2n) is 6.67. The smallest absolute Gasteiger partial charge is 0.232 e. The highest BCUT2D eigenvalue weighted by atomic mass is 16.3. The lowest BCUT2D eigenvalue weighted by atomic mass is 9.90. The lowest BCUT2D eigenvalue weighted by Crippen LogP contribution is -2.32. The molecule has 3 nitrogen and oxygen atoms in total. The third-order valence-corrected chi connectivity index (χ3v) is 4.76. The molecule has 0 saturated heterocycles. The molecule has 3 aromatic carbocycles. The minimum absolute atomic E-state index is 0.0413. The molecule has 3 heteroatoms. The molecular formula is C24H21NO2. The van der Waals surface area contributed by atoms with Crippen LogP contribution >= 0.6 is 0 Å². The van der Waals surface area contributed by atoms with Gasteiger partial charge in [0.25, 0.3) is 0 Å². The topological polar surface area (TPSA) is 42.2 Å². The van der Waals surface area contributed by atoms with Crippen LogP contribution in [0.1, 0.15) is 35.8 Å². The average Bonchev–Trinajstić information content (AvgIpc) is 3.14. The van der Waals surface area contributed by atoms with Crippen molar-refractivity contribution in [3.63, 3.8) is 0 Å². The molecule has 0 bridgehead atoms. The van der Waals surface area contributed by atoms with Crippen LogP contribution in [-0.2, 0) is 4.79 Å². The predicted octanol–water partition coefficient (Wildman–Crippen LogP) is 5.44. The van der Waals surface area contributed by atoms with E-state index in [-0.39, 0.29) is 17.9 Å². The monoisotopic (exact) mass is 355 g/mol. The fraction of sp³-hybridized carbons (Fsp3) is 0.125. The first-order valence-corrected chi connectivity index (χ1v) is 9.11. The normalized spacial score (nSPS) is 12.2. The molecule has 27 heavy (non-hydrogen) atoms. The summed E-state index contributed by atoms with van der Waals surface area (Å²) in [5.74, 6) is 0.351. The van der Waals surface area contributed by atoms with Crippen molar-refractivity contribution >= 4 is 16.9 Å². The summed E-state index contributed by atoms with van der Waals surface area (Å²) in [6, 6.07) is 29.3. The third kappa shape index (κ3) is 3.63. The molecule has 4 rings (SSSR count). The van der Waals surface area contributed by atoms with E-state index in [4.69, 9.17) is 4.42 Å². The molecule has 0 radical (unpaired) electrons. The van der Waals surface area contributed by atoms with Crippen LogP contribution in [-0.4, -0.2) is 5.91 Å². The summed E-state index contributed by atoms with van der Waals surface area (Å²) in [5, 5.41) is 4.16. The van der Waals surface area contributed by atoms with Gasteiger partial charge in [-0.15, -0.1) is 0 Å². The number of hydrogen-bond donors (Lipinski definition) is 1. The van der Waals surface area contributed by atoms with Gasteiger partial charge in [0, 0.05) is 5.39 Å². The first-order valence-electron chi connectivity index (χ1n) is 9.11. The highest BCUT2D eigenvalue weighted by Crippen LogP contribution is 2.28. The number of fused-ring (bicyclic) bond motifs is 1. The maximum absolute atomic E-state index is 13.2. The summed E-state index contributed by atoms with van der Waals surface area (Å²) >= 11 is 0. The molecule has 0 aliphatic heterocycles. The minimum atomic E-state index is -0.362. The molecule has 0 aliphatic rings. The van der Waals surface area contributed by atoms with Crippen molar-refractivity contribution in [2.45, 2.75) is 18.9 Å². The van der Waals surface area contributed by atoms with Crippen molar-refractivity contribution < 1.29 is 9.21 Å². The highest BCUT2D eigenvalue weighted by Gasteiger charge is 2.25. The Balaban J connectivity index is 1.61. The zero-order valence-electron chi connectivity index (χ0n) is 15.1. The molecule has 0 saturated carbocycles. The Hall–Kier alpha value is -3.33. The number of furan rings is 1. The van der Waals surface area contributed by atoms with Crippen molar-refractivity contribution in [1.82, 2.24) is 5.32 Å². The third-order valence-electron chi connectivity index (χ3n) is 4.76. The van der Waals surface area contributed by atoms with E-state index in [1.165, 1.54) is 0 Å². The molecule has 134 valence electrons. The van der Waals surface area contributed by atoms with Gasteiger partial charge in [0.05, 0.1) is 12.0 Å². The van der Waals surface area contributed by atoms with E-state index in [0.29, 0.717) is 0 Å². The van der Waals surface area contributed by atoms with Crippen molar-refractivity contribution in [2.75, 3.05) is 0 Å². The quantitative estimate of drug-likeness (QED) is 0.518. The predicted molar refractivity (Wildman–Crippen MR) is 107 cm³/mol. The minimum Gasteiger partial charge on any atom is -0.459 e. The molecule has 1 atom stereocenters. The molecule has 0 unspecified atom stereocenters. The second-order valence-corrected chi connectivity index (χ2v) is 6.67. The molecule has 0 spiro atoms. The molecule has 1 heterocycles. The standard InChI is InChI=1S/C24H21NO2/c1-17(22-16-20-14-8-9-15-21(20)27-22)25-24(26)23(18-10-4-2-5-11-18)19-12-6-3-7-13-19/h2-17,23H,1H3,(H,25,26)/t17-/m0/s1. The molecule has 0 fully saturated rings. The van der Waals surface area contributed by atoms with Gasteiger partial charge in [-0.2, -0.15) is 0 Å². The number of carbonyl (C=O) groups excluding carboxylic acids is 1. The maximum Gasteiger partial charge on any atom is 0.232 e. The maximum atomic E-state index is 13.2. The fourth-order valence-electron chi connectivity index (χ4n) is 3.37. The van der Waals surface area contributed by atoms with Crippen LogP contribution < -0.4 is 5.32 Å². The number of hydrogen-bond acceptors (Lipinski definition) is 2. The van der Waals surface area contributed by atoms with Gasteiger partial charge < -0.3 is 9.73 Å². The zero-order valence-corrected chi connectivity index (χ0v) is 15.1. The summed E-state index contributed by atoms with van der Waals surface area (Å²) in [4.78, 5) is 13.2. The van der Waals surface area contributed by atoms with E-state index in [1.807, 2.05) is 97.9 Å². The second kappa shape index (κ2) is 7.50. The summed E-state index contributed by atoms with van der Waals surface area (Å²) in [6.45, 7) is 1.95. The summed E-state index contributed by atoms with van der Waals surface area (Å²) in [6.07, 6.45) is 0. The van der Waals surface area contributed by atoms with Crippen LogP contribution in [0, 0.1) is 0 Å². The summed E-state index contributed by atoms with van der Waals surface area (Å²) < 4.78 is 5.91. The average molecular weight is 355 g/mol. The fourth-order valence-corrected chi connectivity index (χ4v) is 3.37. The van der Waals surface area contributed by atoms with Crippen LogP contribution in [0.2, 0.25) is 0 Å². The van der Waals surface area contributed by atoms with Crippen molar-refractivity contribution in [2.24, 2.45) is 0 Å². The van der Waals surface area contributed by atoms with E-state index >= 15 is 0 Å². The molecular weight excluding hydrogens is 334 g/mol. The van der Waals surface area contributed by atoms with Crippen LogP contribution in [0.4, 0.5) is 0 Å². The number of rotatable bonds is 5. The number of carbonyl (C=O) groups is 1. The highest BCUT2D eigenvalue weighted by molar-refractivity contribution is 5.87. The Kier molecular flexibility index (Phi) is 4.75. The number of amides is 1. The van der Waals surface area contributed by atoms with E-state index in [9.17, 15) is 4.79 Å². The number of para-hydroxylation sites is 1. The van der Waals surface area contributed by atoms with Crippen molar-refractivity contribution in [3.8, 4) is 0 Å². The van der Waals surface area contributed by atoms with Gasteiger partial charge in [-0.1, -0.05) is 78.9 Å². The first-order chi connectivity index (χ1) is 13.2. The molecule has 1 N–H and O–H groups in total.